The van der Waals surface area contributed by atoms with Gasteiger partial charge in [-0.2, -0.15) is 0 Å². The molecule has 0 fully saturated rings. The van der Waals surface area contributed by atoms with E-state index in [0.717, 1.165) is 10.8 Å². The number of aromatic nitrogens is 2. The molecule has 6 heteroatoms. The average Bonchev–Trinajstić information content (AvgIpc) is 2.14. The molecule has 0 aromatic carbocycles. The molecule has 0 radical (unpaired) electrons. The summed E-state index contributed by atoms with van der Waals surface area (Å²) in [6.07, 6.45) is 0. The van der Waals surface area contributed by atoms with Crippen molar-refractivity contribution >= 4 is 29.3 Å². The fourth-order valence-corrected chi connectivity index (χ4v) is 1.98. The second-order valence-corrected chi connectivity index (χ2v) is 4.45. The Bertz CT molecular complexity index is 359. The lowest BCUT2D eigenvalue weighted by atomic mass is 10.6. The van der Waals surface area contributed by atoms with E-state index in [2.05, 4.69) is 10.4 Å². The molecular weight excluding hydrogens is 234 g/mol. The summed E-state index contributed by atoms with van der Waals surface area (Å²) < 4.78 is 1.72. The monoisotopic (exact) mass is 246 g/mol. The lowest BCUT2D eigenvalue weighted by molar-refractivity contribution is -0.765. The molecule has 0 bridgehead atoms. The highest BCUT2D eigenvalue weighted by atomic mass is 35.5. The number of thioether (sulfide) groups is 1. The van der Waals surface area contributed by atoms with Crippen molar-refractivity contribution in [2.75, 3.05) is 12.3 Å². The minimum atomic E-state index is -0.00536. The van der Waals surface area contributed by atoms with Gasteiger partial charge in [0.15, 0.2) is 12.2 Å². The molecule has 0 aliphatic rings. The molecule has 1 amide bonds. The number of carbonyl (C=O) groups excluding carboxylic acids is 1. The van der Waals surface area contributed by atoms with Crippen LogP contribution in [0.5, 0.6) is 0 Å². The second kappa shape index (κ2) is 5.92. The van der Waals surface area contributed by atoms with Crippen LogP contribution in [0.4, 0.5) is 0 Å². The molecular formula is C9H13ClN3OS+. The summed E-state index contributed by atoms with van der Waals surface area (Å²) in [5.41, 5.74) is 0. The van der Waals surface area contributed by atoms with Crippen LogP contribution >= 0.6 is 23.4 Å². The maximum Gasteiger partial charge on any atom is 0.266 e. The van der Waals surface area contributed by atoms with E-state index in [9.17, 15) is 4.79 Å². The second-order valence-electron chi connectivity index (χ2n) is 2.95. The van der Waals surface area contributed by atoms with Gasteiger partial charge < -0.3 is 5.32 Å². The Kier molecular flexibility index (Phi) is 4.84. The van der Waals surface area contributed by atoms with Crippen molar-refractivity contribution in [1.29, 1.82) is 0 Å². The summed E-state index contributed by atoms with van der Waals surface area (Å²) in [7, 11) is 1.84. The number of carbonyl (C=O) groups is 1. The van der Waals surface area contributed by atoms with Gasteiger partial charge in [0.25, 0.3) is 5.03 Å². The predicted molar refractivity (Wildman–Crippen MR) is 59.8 cm³/mol. The summed E-state index contributed by atoms with van der Waals surface area (Å²) in [5, 5.41) is 8.29. The van der Waals surface area contributed by atoms with E-state index in [-0.39, 0.29) is 5.91 Å². The van der Waals surface area contributed by atoms with Gasteiger partial charge in [0, 0.05) is 30.4 Å². The van der Waals surface area contributed by atoms with E-state index in [1.807, 2.05) is 13.1 Å². The zero-order chi connectivity index (χ0) is 11.3. The Hall–Kier alpha value is -0.810. The maximum absolute atomic E-state index is 10.6. The first-order chi connectivity index (χ1) is 7.09. The zero-order valence-electron chi connectivity index (χ0n) is 8.66. The summed E-state index contributed by atoms with van der Waals surface area (Å²) in [6, 6.07) is 3.66. The molecule has 4 nitrogen and oxygen atoms in total. The van der Waals surface area contributed by atoms with Gasteiger partial charge in [-0.1, -0.05) is 28.0 Å². The van der Waals surface area contributed by atoms with Crippen LogP contribution in [0.2, 0.25) is 5.15 Å². The Morgan fingerprint density at radius 1 is 1.67 bits per heavy atom. The minimum absolute atomic E-state index is 0.00536. The van der Waals surface area contributed by atoms with E-state index in [4.69, 9.17) is 11.6 Å². The number of hydrogen-bond acceptors (Lipinski definition) is 3. The van der Waals surface area contributed by atoms with Crippen molar-refractivity contribution in [3.63, 3.8) is 0 Å². The maximum atomic E-state index is 10.6. The number of aryl methyl sites for hydroxylation is 1. The first kappa shape index (κ1) is 12.3. The fourth-order valence-electron chi connectivity index (χ4n) is 0.998. The third kappa shape index (κ3) is 4.48. The van der Waals surface area contributed by atoms with Gasteiger partial charge in [0.2, 0.25) is 5.91 Å². The summed E-state index contributed by atoms with van der Waals surface area (Å²) in [6.45, 7) is 2.16. The SMILES string of the molecule is CC(=O)NCCSc1ccc(Cl)n[n+]1C. The molecule has 0 aliphatic heterocycles. The molecule has 1 aromatic rings. The highest BCUT2D eigenvalue weighted by Crippen LogP contribution is 2.12. The summed E-state index contributed by atoms with van der Waals surface area (Å²) in [4.78, 5) is 10.6. The molecule has 1 aromatic heterocycles. The summed E-state index contributed by atoms with van der Waals surface area (Å²) >= 11 is 7.35. The number of hydrogen-bond donors (Lipinski definition) is 1. The van der Waals surface area contributed by atoms with Crippen molar-refractivity contribution in [1.82, 2.24) is 10.4 Å². The molecule has 15 heavy (non-hydrogen) atoms. The van der Waals surface area contributed by atoms with Crippen molar-refractivity contribution in [3.8, 4) is 0 Å². The Labute approximate surface area is 98.0 Å². The van der Waals surface area contributed by atoms with Crippen LogP contribution in [-0.4, -0.2) is 23.3 Å². The quantitative estimate of drug-likeness (QED) is 0.485. The van der Waals surface area contributed by atoms with Crippen molar-refractivity contribution < 1.29 is 9.48 Å². The minimum Gasteiger partial charge on any atom is -0.356 e. The van der Waals surface area contributed by atoms with Crippen LogP contribution in [0.25, 0.3) is 0 Å². The molecule has 0 atom stereocenters. The van der Waals surface area contributed by atoms with Gasteiger partial charge in [0.05, 0.1) is 0 Å². The molecule has 0 saturated carbocycles. The first-order valence-corrected chi connectivity index (χ1v) is 5.86. The highest BCUT2D eigenvalue weighted by Gasteiger charge is 2.08. The molecule has 0 aliphatic carbocycles. The van der Waals surface area contributed by atoms with Crippen LogP contribution in [-0.2, 0) is 11.8 Å². The normalized spacial score (nSPS) is 10.1. The predicted octanol–water partition coefficient (Wildman–Crippen LogP) is 0.788. The molecule has 1 rings (SSSR count). The Balaban J connectivity index is 2.40. The van der Waals surface area contributed by atoms with Gasteiger partial charge in [0.1, 0.15) is 0 Å². The number of nitrogens with zero attached hydrogens (tertiary/aromatic N) is 2. The molecule has 0 saturated heterocycles. The number of amides is 1. The third-order valence-corrected chi connectivity index (χ3v) is 2.96. The van der Waals surface area contributed by atoms with Crippen LogP contribution in [0.15, 0.2) is 17.2 Å². The van der Waals surface area contributed by atoms with Gasteiger partial charge >= 0.3 is 0 Å². The Morgan fingerprint density at radius 3 is 3.00 bits per heavy atom. The average molecular weight is 247 g/mol. The Morgan fingerprint density at radius 2 is 2.40 bits per heavy atom. The standard InChI is InChI=1S/C9H12ClN3OS/c1-7(14)11-5-6-15-9-4-3-8(10)12-13(9)2/h3-4H,5-6H2,1-2H3/p+1. The smallest absolute Gasteiger partial charge is 0.266 e. The number of halogens is 1. The fraction of sp³-hybridized carbons (Fsp3) is 0.444. The third-order valence-electron chi connectivity index (χ3n) is 1.65. The van der Waals surface area contributed by atoms with Crippen LogP contribution < -0.4 is 10.00 Å². The van der Waals surface area contributed by atoms with Crippen molar-refractivity contribution in [2.45, 2.75) is 11.9 Å². The molecule has 0 unspecified atom stereocenters. The first-order valence-electron chi connectivity index (χ1n) is 4.49. The van der Waals surface area contributed by atoms with Crippen LogP contribution in [0, 0.1) is 0 Å². The molecule has 0 spiro atoms. The molecule has 1 heterocycles. The molecule has 1 N–H and O–H groups in total. The van der Waals surface area contributed by atoms with Gasteiger partial charge in [-0.3, -0.25) is 4.79 Å². The van der Waals surface area contributed by atoms with E-state index in [1.54, 1.807) is 22.5 Å². The molecule has 82 valence electrons. The zero-order valence-corrected chi connectivity index (χ0v) is 10.2. The lowest BCUT2D eigenvalue weighted by Gasteiger charge is -2.00. The van der Waals surface area contributed by atoms with Crippen LogP contribution in [0.1, 0.15) is 6.92 Å². The largest absolute Gasteiger partial charge is 0.356 e. The highest BCUT2D eigenvalue weighted by molar-refractivity contribution is 7.99. The van der Waals surface area contributed by atoms with Gasteiger partial charge in [-0.05, 0) is 6.07 Å². The van der Waals surface area contributed by atoms with Crippen LogP contribution in [0.3, 0.4) is 0 Å². The topological polar surface area (TPSA) is 45.9 Å². The number of rotatable bonds is 4. The number of nitrogens with one attached hydrogen (secondary N) is 1. The van der Waals surface area contributed by atoms with Gasteiger partial charge in [-0.15, -0.1) is 0 Å². The van der Waals surface area contributed by atoms with E-state index in [1.165, 1.54) is 6.92 Å². The summed E-state index contributed by atoms with van der Waals surface area (Å²) in [5.74, 6) is 0.811. The van der Waals surface area contributed by atoms with E-state index < -0.39 is 0 Å². The van der Waals surface area contributed by atoms with Crippen molar-refractivity contribution in [2.24, 2.45) is 7.05 Å². The van der Waals surface area contributed by atoms with E-state index in [0.29, 0.717) is 11.7 Å². The van der Waals surface area contributed by atoms with Gasteiger partial charge in [-0.25, -0.2) is 0 Å². The lowest BCUT2D eigenvalue weighted by Crippen LogP contribution is -2.35. The van der Waals surface area contributed by atoms with E-state index >= 15 is 0 Å². The van der Waals surface area contributed by atoms with Crippen molar-refractivity contribution in [3.05, 3.63) is 17.3 Å².